The fraction of sp³-hybridized carbons (Fsp3) is 0.333. The molecule has 2 aromatic carbocycles. The molecule has 1 unspecified atom stereocenters. The molecular formula is C24H25N5O4. The van der Waals surface area contributed by atoms with Gasteiger partial charge in [0.25, 0.3) is 11.8 Å². The first-order valence-corrected chi connectivity index (χ1v) is 11.0. The molecule has 33 heavy (non-hydrogen) atoms. The Bertz CT molecular complexity index is 1140. The number of hydrogen-bond acceptors (Lipinski definition) is 6. The third kappa shape index (κ3) is 4.19. The summed E-state index contributed by atoms with van der Waals surface area (Å²) < 4.78 is 13.0. The number of ether oxygens (including phenoxy) is 2. The summed E-state index contributed by atoms with van der Waals surface area (Å²) in [5.74, 6) is 0.603. The van der Waals surface area contributed by atoms with E-state index in [1.165, 1.54) is 0 Å². The van der Waals surface area contributed by atoms with Crippen LogP contribution in [0.2, 0.25) is 0 Å². The van der Waals surface area contributed by atoms with E-state index in [2.05, 4.69) is 10.3 Å². The highest BCUT2D eigenvalue weighted by atomic mass is 16.5. The van der Waals surface area contributed by atoms with E-state index in [0.29, 0.717) is 49.7 Å². The zero-order valence-corrected chi connectivity index (χ0v) is 18.4. The van der Waals surface area contributed by atoms with Gasteiger partial charge < -0.3 is 19.3 Å². The van der Waals surface area contributed by atoms with Gasteiger partial charge in [0.1, 0.15) is 11.9 Å². The van der Waals surface area contributed by atoms with E-state index in [-0.39, 0.29) is 24.5 Å². The lowest BCUT2D eigenvalue weighted by Gasteiger charge is -2.34. The minimum atomic E-state index is -0.172. The highest BCUT2D eigenvalue weighted by molar-refractivity contribution is 5.95. The predicted octanol–water partition coefficient (Wildman–Crippen LogP) is 2.16. The van der Waals surface area contributed by atoms with Crippen LogP contribution in [0.1, 0.15) is 38.2 Å². The molecule has 2 aliphatic rings. The van der Waals surface area contributed by atoms with Crippen LogP contribution < -0.4 is 4.74 Å². The van der Waals surface area contributed by atoms with Crippen LogP contribution in [0.4, 0.5) is 0 Å². The molecule has 1 aromatic heterocycles. The van der Waals surface area contributed by atoms with Gasteiger partial charge in [0, 0.05) is 31.7 Å². The molecule has 0 saturated carbocycles. The number of methoxy groups -OCH3 is 1. The number of hydrogen-bond donors (Lipinski definition) is 0. The SMILES string of the molecule is COc1ccc(C2Cn3nnc(C(=O)N4CCN(C(=O)c5ccccc5)CC4)c3CO2)cc1. The van der Waals surface area contributed by atoms with Gasteiger partial charge in [-0.3, -0.25) is 9.59 Å². The largest absolute Gasteiger partial charge is 0.497 e. The molecule has 0 aliphatic carbocycles. The molecule has 170 valence electrons. The molecule has 2 amide bonds. The third-order valence-electron chi connectivity index (χ3n) is 6.16. The lowest BCUT2D eigenvalue weighted by molar-refractivity contribution is -0.00204. The zero-order chi connectivity index (χ0) is 22.8. The van der Waals surface area contributed by atoms with Crippen LogP contribution in [0.15, 0.2) is 54.6 Å². The number of aromatic nitrogens is 3. The van der Waals surface area contributed by atoms with Gasteiger partial charge in [-0.2, -0.15) is 0 Å². The summed E-state index contributed by atoms with van der Waals surface area (Å²) in [6, 6.07) is 16.9. The Morgan fingerprint density at radius 2 is 1.61 bits per heavy atom. The van der Waals surface area contributed by atoms with Crippen molar-refractivity contribution in [3.8, 4) is 5.75 Å². The van der Waals surface area contributed by atoms with E-state index in [4.69, 9.17) is 9.47 Å². The first kappa shape index (κ1) is 21.1. The second-order valence-electron chi connectivity index (χ2n) is 8.09. The topological polar surface area (TPSA) is 89.8 Å². The summed E-state index contributed by atoms with van der Waals surface area (Å²) in [5.41, 5.74) is 2.69. The Morgan fingerprint density at radius 1 is 0.939 bits per heavy atom. The number of nitrogens with zero attached hydrogens (tertiary/aromatic N) is 5. The Morgan fingerprint density at radius 3 is 2.27 bits per heavy atom. The lowest BCUT2D eigenvalue weighted by Crippen LogP contribution is -2.50. The minimum absolute atomic E-state index is 0.0123. The fourth-order valence-electron chi connectivity index (χ4n) is 4.22. The Balaban J connectivity index is 1.22. The third-order valence-corrected chi connectivity index (χ3v) is 6.16. The van der Waals surface area contributed by atoms with Crippen LogP contribution in [-0.2, 0) is 17.9 Å². The second kappa shape index (κ2) is 9.03. The van der Waals surface area contributed by atoms with E-state index < -0.39 is 0 Å². The summed E-state index contributed by atoms with van der Waals surface area (Å²) in [6.45, 7) is 2.63. The Labute approximate surface area is 191 Å². The molecule has 0 N–H and O–H groups in total. The average Bonchev–Trinajstić information content (AvgIpc) is 3.32. The molecular weight excluding hydrogens is 422 g/mol. The number of rotatable bonds is 4. The maximum absolute atomic E-state index is 13.1. The van der Waals surface area contributed by atoms with Gasteiger partial charge in [0.15, 0.2) is 5.69 Å². The fourth-order valence-corrected chi connectivity index (χ4v) is 4.22. The van der Waals surface area contributed by atoms with Gasteiger partial charge in [-0.1, -0.05) is 35.5 Å². The minimum Gasteiger partial charge on any atom is -0.497 e. The highest BCUT2D eigenvalue weighted by Crippen LogP contribution is 2.28. The van der Waals surface area contributed by atoms with Crippen molar-refractivity contribution < 1.29 is 19.1 Å². The van der Waals surface area contributed by atoms with E-state index in [1.807, 2.05) is 54.6 Å². The molecule has 1 fully saturated rings. The number of amides is 2. The summed E-state index contributed by atoms with van der Waals surface area (Å²) >= 11 is 0. The lowest BCUT2D eigenvalue weighted by atomic mass is 10.1. The van der Waals surface area contributed by atoms with Crippen molar-refractivity contribution in [3.63, 3.8) is 0 Å². The van der Waals surface area contributed by atoms with Crippen molar-refractivity contribution >= 4 is 11.8 Å². The van der Waals surface area contributed by atoms with Crippen LogP contribution in [0.3, 0.4) is 0 Å². The van der Waals surface area contributed by atoms with E-state index >= 15 is 0 Å². The quantitative estimate of drug-likeness (QED) is 0.609. The van der Waals surface area contributed by atoms with Crippen molar-refractivity contribution in [2.24, 2.45) is 0 Å². The molecule has 5 rings (SSSR count). The van der Waals surface area contributed by atoms with Crippen LogP contribution in [0.25, 0.3) is 0 Å². The standard InChI is InChI=1S/C24H25N5O4/c1-32-19-9-7-17(8-10-19)21-15-29-20(16-33-21)22(25-26-29)24(31)28-13-11-27(12-14-28)23(30)18-5-3-2-4-6-18/h2-10,21H,11-16H2,1H3. The molecule has 0 spiro atoms. The first-order valence-electron chi connectivity index (χ1n) is 11.0. The maximum Gasteiger partial charge on any atom is 0.276 e. The van der Waals surface area contributed by atoms with Crippen molar-refractivity contribution in [2.75, 3.05) is 33.3 Å². The van der Waals surface area contributed by atoms with Crippen LogP contribution in [-0.4, -0.2) is 69.9 Å². The van der Waals surface area contributed by atoms with Gasteiger partial charge in [-0.15, -0.1) is 5.10 Å². The van der Waals surface area contributed by atoms with E-state index in [0.717, 1.165) is 11.3 Å². The van der Waals surface area contributed by atoms with Crippen molar-refractivity contribution in [3.05, 3.63) is 77.1 Å². The predicted molar refractivity (Wildman–Crippen MR) is 119 cm³/mol. The first-order chi connectivity index (χ1) is 16.1. The van der Waals surface area contributed by atoms with Gasteiger partial charge in [0.2, 0.25) is 0 Å². The second-order valence-corrected chi connectivity index (χ2v) is 8.09. The van der Waals surface area contributed by atoms with Gasteiger partial charge in [-0.05, 0) is 29.8 Å². The molecule has 2 aliphatic heterocycles. The summed E-state index contributed by atoms with van der Waals surface area (Å²) in [5, 5.41) is 8.39. The Hall–Kier alpha value is -3.72. The molecule has 0 bridgehead atoms. The van der Waals surface area contributed by atoms with Crippen LogP contribution in [0.5, 0.6) is 5.75 Å². The number of fused-ring (bicyclic) bond motifs is 1. The molecule has 1 saturated heterocycles. The number of carbonyl (C=O) groups excluding carboxylic acids is 2. The molecule has 1 atom stereocenters. The average molecular weight is 447 g/mol. The number of carbonyl (C=O) groups is 2. The maximum atomic E-state index is 13.1. The molecule has 3 heterocycles. The van der Waals surface area contributed by atoms with Crippen LogP contribution in [0, 0.1) is 0 Å². The Kier molecular flexibility index (Phi) is 5.78. The van der Waals surface area contributed by atoms with Crippen molar-refractivity contribution in [1.29, 1.82) is 0 Å². The van der Waals surface area contributed by atoms with Gasteiger partial charge in [-0.25, -0.2) is 4.68 Å². The zero-order valence-electron chi connectivity index (χ0n) is 18.4. The van der Waals surface area contributed by atoms with Gasteiger partial charge in [0.05, 0.1) is 26.0 Å². The molecule has 9 heteroatoms. The van der Waals surface area contributed by atoms with Crippen molar-refractivity contribution in [1.82, 2.24) is 24.8 Å². The van der Waals surface area contributed by atoms with E-state index in [9.17, 15) is 9.59 Å². The number of benzene rings is 2. The molecule has 0 radical (unpaired) electrons. The van der Waals surface area contributed by atoms with Crippen LogP contribution >= 0.6 is 0 Å². The summed E-state index contributed by atoms with van der Waals surface area (Å²) in [6.07, 6.45) is -0.166. The monoisotopic (exact) mass is 447 g/mol. The van der Waals surface area contributed by atoms with Crippen molar-refractivity contribution in [2.45, 2.75) is 19.3 Å². The molecule has 9 nitrogen and oxygen atoms in total. The number of piperazine rings is 1. The summed E-state index contributed by atoms with van der Waals surface area (Å²) in [4.78, 5) is 29.3. The highest BCUT2D eigenvalue weighted by Gasteiger charge is 2.32. The normalized spacial score (nSPS) is 18.0. The van der Waals surface area contributed by atoms with E-state index in [1.54, 1.807) is 21.6 Å². The van der Waals surface area contributed by atoms with Gasteiger partial charge >= 0.3 is 0 Å². The summed E-state index contributed by atoms with van der Waals surface area (Å²) in [7, 11) is 1.63. The smallest absolute Gasteiger partial charge is 0.276 e. The molecule has 3 aromatic rings.